The molecule has 0 unspecified atom stereocenters. The van der Waals surface area contributed by atoms with Crippen LogP contribution in [0, 0.1) is 0 Å². The summed E-state index contributed by atoms with van der Waals surface area (Å²) < 4.78 is 5.04. The summed E-state index contributed by atoms with van der Waals surface area (Å²) in [6.07, 6.45) is 1.57. The molecule has 0 radical (unpaired) electrons. The van der Waals surface area contributed by atoms with Gasteiger partial charge in [0, 0.05) is 6.20 Å². The number of aromatic nitrogens is 1. The summed E-state index contributed by atoms with van der Waals surface area (Å²) in [5, 5.41) is 12.2. The highest BCUT2D eigenvalue weighted by molar-refractivity contribution is 5.78. The lowest BCUT2D eigenvalue weighted by Gasteiger charge is -2.23. The van der Waals surface area contributed by atoms with Crippen LogP contribution < -0.4 is 5.32 Å². The fraction of sp³-hybridized carbons (Fsp3) is 0.333. The summed E-state index contributed by atoms with van der Waals surface area (Å²) in [4.78, 5) is 15.0. The molecule has 2 rings (SSSR count). The van der Waals surface area contributed by atoms with Gasteiger partial charge in [-0.05, 0) is 12.1 Å². The van der Waals surface area contributed by atoms with Crippen LogP contribution in [-0.2, 0) is 9.53 Å². The van der Waals surface area contributed by atoms with Gasteiger partial charge in [-0.25, -0.2) is 0 Å². The van der Waals surface area contributed by atoms with Gasteiger partial charge < -0.3 is 15.2 Å². The normalized spacial score (nSPS) is 21.7. The van der Waals surface area contributed by atoms with Crippen LogP contribution in [0.4, 0.5) is 0 Å². The SMILES string of the molecule is O=C1COC[C@@H](c2ncccc2O)N1. The maximum Gasteiger partial charge on any atom is 0.246 e. The molecule has 2 heterocycles. The van der Waals surface area contributed by atoms with E-state index in [2.05, 4.69) is 10.3 Å². The lowest BCUT2D eigenvalue weighted by atomic mass is 10.1. The highest BCUT2D eigenvalue weighted by Crippen LogP contribution is 2.22. The van der Waals surface area contributed by atoms with E-state index in [1.165, 1.54) is 6.07 Å². The smallest absolute Gasteiger partial charge is 0.246 e. The Balaban J connectivity index is 2.22. The van der Waals surface area contributed by atoms with Crippen molar-refractivity contribution >= 4 is 5.91 Å². The Morgan fingerprint density at radius 2 is 2.50 bits per heavy atom. The standard InChI is InChI=1S/C9H10N2O3/c12-7-2-1-3-10-9(7)6-4-14-5-8(13)11-6/h1-3,6,12H,4-5H2,(H,11,13)/t6-/m0/s1. The van der Waals surface area contributed by atoms with Crippen molar-refractivity contribution in [1.82, 2.24) is 10.3 Å². The molecule has 74 valence electrons. The first-order valence-corrected chi connectivity index (χ1v) is 4.28. The van der Waals surface area contributed by atoms with E-state index in [1.54, 1.807) is 12.3 Å². The Labute approximate surface area is 80.7 Å². The second-order valence-electron chi connectivity index (χ2n) is 3.04. The molecule has 0 bridgehead atoms. The quantitative estimate of drug-likeness (QED) is 0.658. The molecule has 0 saturated carbocycles. The second kappa shape index (κ2) is 3.63. The van der Waals surface area contributed by atoms with Gasteiger partial charge in [-0.3, -0.25) is 9.78 Å². The summed E-state index contributed by atoms with van der Waals surface area (Å²) >= 11 is 0. The van der Waals surface area contributed by atoms with Crippen molar-refractivity contribution in [2.45, 2.75) is 6.04 Å². The average Bonchev–Trinajstić information content (AvgIpc) is 2.18. The van der Waals surface area contributed by atoms with Crippen molar-refractivity contribution in [2.24, 2.45) is 0 Å². The average molecular weight is 194 g/mol. The van der Waals surface area contributed by atoms with Crippen molar-refractivity contribution in [3.05, 3.63) is 24.0 Å². The summed E-state index contributed by atoms with van der Waals surface area (Å²) in [5.74, 6) is -0.116. The van der Waals surface area contributed by atoms with Crippen molar-refractivity contribution in [3.8, 4) is 5.75 Å². The molecule has 0 spiro atoms. The van der Waals surface area contributed by atoms with Crippen LogP contribution in [-0.4, -0.2) is 29.2 Å². The van der Waals surface area contributed by atoms with Crippen molar-refractivity contribution in [1.29, 1.82) is 0 Å². The molecule has 1 fully saturated rings. The Morgan fingerprint density at radius 1 is 1.64 bits per heavy atom. The molecule has 5 heteroatoms. The molecule has 1 aliphatic rings. The van der Waals surface area contributed by atoms with Crippen molar-refractivity contribution < 1.29 is 14.6 Å². The molecular formula is C9H10N2O3. The molecule has 1 aromatic heterocycles. The molecule has 14 heavy (non-hydrogen) atoms. The molecule has 5 nitrogen and oxygen atoms in total. The van der Waals surface area contributed by atoms with Gasteiger partial charge in [-0.2, -0.15) is 0 Å². The zero-order chi connectivity index (χ0) is 9.97. The minimum atomic E-state index is -0.350. The highest BCUT2D eigenvalue weighted by Gasteiger charge is 2.23. The number of rotatable bonds is 1. The van der Waals surface area contributed by atoms with E-state index in [4.69, 9.17) is 4.74 Å². The van der Waals surface area contributed by atoms with Crippen LogP contribution in [0.1, 0.15) is 11.7 Å². The minimum absolute atomic E-state index is 0.0725. The van der Waals surface area contributed by atoms with Gasteiger partial charge in [0.15, 0.2) is 0 Å². The number of amides is 1. The first-order chi connectivity index (χ1) is 6.77. The van der Waals surface area contributed by atoms with Gasteiger partial charge in [-0.15, -0.1) is 0 Å². The molecule has 1 amide bonds. The topological polar surface area (TPSA) is 71.5 Å². The third kappa shape index (κ3) is 1.67. The van der Waals surface area contributed by atoms with Crippen LogP contribution in [0.15, 0.2) is 18.3 Å². The number of ether oxygens (including phenoxy) is 1. The van der Waals surface area contributed by atoms with Gasteiger partial charge >= 0.3 is 0 Å². The number of aromatic hydroxyl groups is 1. The predicted molar refractivity (Wildman–Crippen MR) is 47.6 cm³/mol. The third-order valence-electron chi connectivity index (χ3n) is 2.00. The van der Waals surface area contributed by atoms with Crippen LogP contribution in [0.3, 0.4) is 0 Å². The summed E-state index contributed by atoms with van der Waals surface area (Å²) in [7, 11) is 0. The Kier molecular flexibility index (Phi) is 2.32. The van der Waals surface area contributed by atoms with Crippen LogP contribution in [0.25, 0.3) is 0 Å². The maximum absolute atomic E-state index is 11.0. The lowest BCUT2D eigenvalue weighted by Crippen LogP contribution is -2.40. The molecule has 2 N–H and O–H groups in total. The van der Waals surface area contributed by atoms with Gasteiger partial charge in [0.2, 0.25) is 5.91 Å². The number of carbonyl (C=O) groups is 1. The second-order valence-corrected chi connectivity index (χ2v) is 3.04. The maximum atomic E-state index is 11.0. The zero-order valence-corrected chi connectivity index (χ0v) is 7.43. The lowest BCUT2D eigenvalue weighted by molar-refractivity contribution is -0.131. The monoisotopic (exact) mass is 194 g/mol. The highest BCUT2D eigenvalue weighted by atomic mass is 16.5. The molecule has 0 aromatic carbocycles. The predicted octanol–water partition coefficient (Wildman–Crippen LogP) is -0.0253. The fourth-order valence-electron chi connectivity index (χ4n) is 1.37. The van der Waals surface area contributed by atoms with E-state index in [9.17, 15) is 9.90 Å². The van der Waals surface area contributed by atoms with E-state index in [0.717, 1.165) is 0 Å². The fourth-order valence-corrected chi connectivity index (χ4v) is 1.37. The Hall–Kier alpha value is -1.62. The van der Waals surface area contributed by atoms with E-state index in [1.807, 2.05) is 0 Å². The molecule has 0 aliphatic carbocycles. The summed E-state index contributed by atoms with van der Waals surface area (Å²) in [6.45, 7) is 0.417. The molecule has 1 aliphatic heterocycles. The van der Waals surface area contributed by atoms with Gasteiger partial charge in [0.1, 0.15) is 18.1 Å². The molecular weight excluding hydrogens is 184 g/mol. The Bertz CT molecular complexity index is 354. The number of nitrogens with one attached hydrogen (secondary N) is 1. The number of nitrogens with zero attached hydrogens (tertiary/aromatic N) is 1. The molecule has 1 aromatic rings. The molecule has 1 saturated heterocycles. The van der Waals surface area contributed by atoms with Gasteiger partial charge in [-0.1, -0.05) is 0 Å². The van der Waals surface area contributed by atoms with E-state index in [0.29, 0.717) is 12.3 Å². The van der Waals surface area contributed by atoms with E-state index < -0.39 is 0 Å². The number of hydrogen-bond donors (Lipinski definition) is 2. The first-order valence-electron chi connectivity index (χ1n) is 4.28. The summed E-state index contributed by atoms with van der Waals surface area (Å²) in [6, 6.07) is 2.81. The van der Waals surface area contributed by atoms with E-state index in [-0.39, 0.29) is 24.3 Å². The minimum Gasteiger partial charge on any atom is -0.506 e. The largest absolute Gasteiger partial charge is 0.506 e. The Morgan fingerprint density at radius 3 is 3.21 bits per heavy atom. The van der Waals surface area contributed by atoms with Crippen LogP contribution in [0.2, 0.25) is 0 Å². The van der Waals surface area contributed by atoms with Gasteiger partial charge in [0.05, 0.1) is 12.6 Å². The number of carbonyl (C=O) groups excluding carboxylic acids is 1. The van der Waals surface area contributed by atoms with Crippen molar-refractivity contribution in [3.63, 3.8) is 0 Å². The third-order valence-corrected chi connectivity index (χ3v) is 2.00. The van der Waals surface area contributed by atoms with Gasteiger partial charge in [0.25, 0.3) is 0 Å². The van der Waals surface area contributed by atoms with Crippen molar-refractivity contribution in [2.75, 3.05) is 13.2 Å². The van der Waals surface area contributed by atoms with E-state index >= 15 is 0 Å². The number of morpholine rings is 1. The molecule has 1 atom stereocenters. The zero-order valence-electron chi connectivity index (χ0n) is 7.43. The van der Waals surface area contributed by atoms with Crippen LogP contribution in [0.5, 0.6) is 5.75 Å². The summed E-state index contributed by atoms with van der Waals surface area (Å²) in [5.41, 5.74) is 0.445. The number of pyridine rings is 1. The van der Waals surface area contributed by atoms with Crippen LogP contribution >= 0.6 is 0 Å². The number of hydrogen-bond acceptors (Lipinski definition) is 4. The first kappa shape index (κ1) is 8.96.